The second-order valence-electron chi connectivity index (χ2n) is 6.71. The molecule has 3 aromatic rings. The summed E-state index contributed by atoms with van der Waals surface area (Å²) in [5.41, 5.74) is 6.53. The van der Waals surface area contributed by atoms with E-state index in [0.717, 1.165) is 33.4 Å². The quantitative estimate of drug-likeness (QED) is 0.656. The molecule has 0 unspecified atom stereocenters. The molecular weight excluding hydrogens is 312 g/mol. The largest absolute Gasteiger partial charge is 0.509 e. The van der Waals surface area contributed by atoms with Gasteiger partial charge in [-0.1, -0.05) is 12.1 Å². The van der Waals surface area contributed by atoms with E-state index < -0.39 is 0 Å². The number of aliphatic hydroxyl groups is 1. The van der Waals surface area contributed by atoms with Crippen molar-refractivity contribution in [3.63, 3.8) is 0 Å². The van der Waals surface area contributed by atoms with Gasteiger partial charge in [-0.15, -0.1) is 0 Å². The number of benzene rings is 2. The predicted octanol–water partition coefficient (Wildman–Crippen LogP) is 4.25. The van der Waals surface area contributed by atoms with Crippen molar-refractivity contribution in [3.05, 3.63) is 64.7 Å². The molecule has 0 spiro atoms. The maximum atomic E-state index is 10.5. The number of anilines is 1. The zero-order chi connectivity index (χ0) is 17.7. The minimum absolute atomic E-state index is 0.167. The van der Waals surface area contributed by atoms with Gasteiger partial charge in [-0.25, -0.2) is 4.98 Å². The molecule has 126 valence electrons. The number of rotatable bonds is 2. The summed E-state index contributed by atoms with van der Waals surface area (Å²) in [6, 6.07) is 12.1. The molecule has 0 fully saturated rings. The van der Waals surface area contributed by atoms with Crippen molar-refractivity contribution >= 4 is 28.1 Å². The van der Waals surface area contributed by atoms with Crippen LogP contribution >= 0.6 is 0 Å². The van der Waals surface area contributed by atoms with E-state index in [1.54, 1.807) is 0 Å². The molecule has 1 aliphatic heterocycles. The predicted molar refractivity (Wildman–Crippen MR) is 101 cm³/mol. The van der Waals surface area contributed by atoms with Crippen LogP contribution in [0.15, 0.2) is 42.2 Å². The number of H-pyrrole nitrogens is 1. The number of nitrogens with one attached hydrogen (secondary N) is 2. The van der Waals surface area contributed by atoms with Crippen LogP contribution in [0.1, 0.15) is 22.5 Å². The van der Waals surface area contributed by atoms with Gasteiger partial charge in [0.1, 0.15) is 17.4 Å². The number of aromatic nitrogens is 2. The van der Waals surface area contributed by atoms with Crippen LogP contribution in [0.3, 0.4) is 0 Å². The van der Waals surface area contributed by atoms with Gasteiger partial charge < -0.3 is 15.0 Å². The molecule has 0 radical (unpaired) electrons. The summed E-state index contributed by atoms with van der Waals surface area (Å²) in [4.78, 5) is 9.61. The molecule has 0 amide bonds. The minimum Gasteiger partial charge on any atom is -0.509 e. The third-order valence-corrected chi connectivity index (χ3v) is 4.50. The number of amidine groups is 1. The average Bonchev–Trinajstić information content (AvgIpc) is 3.06. The van der Waals surface area contributed by atoms with Crippen LogP contribution in [-0.4, -0.2) is 27.5 Å². The fourth-order valence-electron chi connectivity index (χ4n) is 3.40. The van der Waals surface area contributed by atoms with Crippen molar-refractivity contribution in [2.75, 3.05) is 11.4 Å². The molecule has 0 saturated heterocycles. The summed E-state index contributed by atoms with van der Waals surface area (Å²) in [6.45, 7) is 6.38. The summed E-state index contributed by atoms with van der Waals surface area (Å²) < 4.78 is 0. The maximum absolute atomic E-state index is 10.5. The Hall–Kier alpha value is -3.08. The smallest absolute Gasteiger partial charge is 0.145 e. The van der Waals surface area contributed by atoms with E-state index in [9.17, 15) is 5.11 Å². The molecule has 2 heterocycles. The van der Waals surface area contributed by atoms with Gasteiger partial charge >= 0.3 is 0 Å². The lowest BCUT2D eigenvalue weighted by atomic mass is 10.1. The highest BCUT2D eigenvalue weighted by molar-refractivity contribution is 6.30. The van der Waals surface area contributed by atoms with Gasteiger partial charge in [-0.3, -0.25) is 5.41 Å². The summed E-state index contributed by atoms with van der Waals surface area (Å²) >= 11 is 0. The highest BCUT2D eigenvalue weighted by Crippen LogP contribution is 2.31. The normalized spacial score (nSPS) is 14.8. The van der Waals surface area contributed by atoms with Crippen LogP contribution in [0.2, 0.25) is 0 Å². The van der Waals surface area contributed by atoms with Gasteiger partial charge in [0.25, 0.3) is 0 Å². The Morgan fingerprint density at radius 1 is 1.04 bits per heavy atom. The van der Waals surface area contributed by atoms with Crippen LogP contribution in [0.4, 0.5) is 5.69 Å². The first-order valence-electron chi connectivity index (χ1n) is 8.26. The number of aryl methyl sites for hydroxylation is 3. The van der Waals surface area contributed by atoms with Crippen molar-refractivity contribution in [2.45, 2.75) is 20.8 Å². The van der Waals surface area contributed by atoms with Crippen molar-refractivity contribution in [3.8, 4) is 0 Å². The highest BCUT2D eigenvalue weighted by atomic mass is 16.3. The number of aromatic amines is 1. The number of hydrogen-bond donors (Lipinski definition) is 3. The fraction of sp³-hybridized carbons (Fsp3) is 0.200. The molecular formula is C20H20N4O. The summed E-state index contributed by atoms with van der Waals surface area (Å²) in [5, 5.41) is 19.1. The standard InChI is InChI=1S/C20H20N4O/c1-11-4-5-15-16(9-11)23-20(22-15)18-17(25)10-24(19(18)21)14-7-12(2)6-13(3)8-14/h4-9,21,25H,10H2,1-3H3,(H,22,23). The topological polar surface area (TPSA) is 76.0 Å². The third-order valence-electron chi connectivity index (χ3n) is 4.50. The van der Waals surface area contributed by atoms with Gasteiger partial charge in [-0.05, 0) is 61.7 Å². The Balaban J connectivity index is 1.74. The average molecular weight is 332 g/mol. The van der Waals surface area contributed by atoms with Crippen LogP contribution in [-0.2, 0) is 0 Å². The van der Waals surface area contributed by atoms with E-state index in [1.165, 1.54) is 0 Å². The lowest BCUT2D eigenvalue weighted by Gasteiger charge is -2.19. The van der Waals surface area contributed by atoms with Crippen LogP contribution < -0.4 is 4.90 Å². The van der Waals surface area contributed by atoms with Crippen molar-refractivity contribution in [2.24, 2.45) is 0 Å². The molecule has 5 nitrogen and oxygen atoms in total. The Kier molecular flexibility index (Phi) is 3.39. The molecule has 1 aliphatic rings. The number of fused-ring (bicyclic) bond motifs is 1. The first kappa shape index (κ1) is 15.4. The van der Waals surface area contributed by atoms with Crippen LogP contribution in [0, 0.1) is 26.2 Å². The highest BCUT2D eigenvalue weighted by Gasteiger charge is 2.31. The van der Waals surface area contributed by atoms with E-state index in [4.69, 9.17) is 5.41 Å². The Morgan fingerprint density at radius 3 is 2.48 bits per heavy atom. The molecule has 3 N–H and O–H groups in total. The first-order chi connectivity index (χ1) is 11.9. The molecule has 2 aromatic carbocycles. The molecule has 4 rings (SSSR count). The minimum atomic E-state index is 0.167. The van der Waals surface area contributed by atoms with Crippen LogP contribution in [0.5, 0.6) is 0 Å². The van der Waals surface area contributed by atoms with E-state index >= 15 is 0 Å². The van der Waals surface area contributed by atoms with Gasteiger partial charge in [0.05, 0.1) is 23.2 Å². The fourth-order valence-corrected chi connectivity index (χ4v) is 3.40. The first-order valence-corrected chi connectivity index (χ1v) is 8.26. The van der Waals surface area contributed by atoms with Crippen molar-refractivity contribution in [1.82, 2.24) is 9.97 Å². The lowest BCUT2D eigenvalue weighted by Crippen LogP contribution is -2.26. The molecule has 5 heteroatoms. The number of imidazole rings is 1. The zero-order valence-electron chi connectivity index (χ0n) is 14.5. The summed E-state index contributed by atoms with van der Waals surface area (Å²) in [6.07, 6.45) is 0. The summed E-state index contributed by atoms with van der Waals surface area (Å²) in [7, 11) is 0. The Bertz CT molecular complexity index is 1020. The number of aliphatic hydroxyl groups excluding tert-OH is 1. The van der Waals surface area contributed by atoms with Crippen LogP contribution in [0.25, 0.3) is 16.6 Å². The van der Waals surface area contributed by atoms with E-state index in [-0.39, 0.29) is 18.1 Å². The zero-order valence-corrected chi connectivity index (χ0v) is 14.5. The Morgan fingerprint density at radius 2 is 1.76 bits per heavy atom. The summed E-state index contributed by atoms with van der Waals surface area (Å²) in [5.74, 6) is 0.966. The van der Waals surface area contributed by atoms with E-state index in [0.29, 0.717) is 11.4 Å². The van der Waals surface area contributed by atoms with Gasteiger partial charge in [0.15, 0.2) is 0 Å². The molecule has 0 atom stereocenters. The monoisotopic (exact) mass is 332 g/mol. The van der Waals surface area contributed by atoms with Crippen molar-refractivity contribution in [1.29, 1.82) is 5.41 Å². The van der Waals surface area contributed by atoms with Gasteiger partial charge in [0, 0.05) is 5.69 Å². The molecule has 25 heavy (non-hydrogen) atoms. The second-order valence-corrected chi connectivity index (χ2v) is 6.71. The van der Waals surface area contributed by atoms with E-state index in [1.807, 2.05) is 56.0 Å². The van der Waals surface area contributed by atoms with E-state index in [2.05, 4.69) is 16.0 Å². The van der Waals surface area contributed by atoms with Crippen molar-refractivity contribution < 1.29 is 5.11 Å². The third kappa shape index (κ3) is 2.58. The number of nitrogens with zero attached hydrogens (tertiary/aromatic N) is 2. The Labute approximate surface area is 146 Å². The second kappa shape index (κ2) is 5.48. The molecule has 1 aromatic heterocycles. The molecule has 0 saturated carbocycles. The van der Waals surface area contributed by atoms with Gasteiger partial charge in [0.2, 0.25) is 0 Å². The number of hydrogen-bond acceptors (Lipinski definition) is 3. The SMILES string of the molecule is Cc1cc(C)cc(N2CC(O)=C(c3nc4ccc(C)cc4[nH]3)C2=N)c1. The molecule has 0 bridgehead atoms. The van der Waals surface area contributed by atoms with Gasteiger partial charge in [-0.2, -0.15) is 0 Å². The lowest BCUT2D eigenvalue weighted by molar-refractivity contribution is 0.411. The maximum Gasteiger partial charge on any atom is 0.145 e. The molecule has 0 aliphatic carbocycles.